The quantitative estimate of drug-likeness (QED) is 0.390. The number of fused-ring (bicyclic) bond motifs is 1. The molecule has 0 fully saturated rings. The van der Waals surface area contributed by atoms with E-state index in [2.05, 4.69) is 21.8 Å². The molecule has 2 aromatic heterocycles. The Bertz CT molecular complexity index is 844. The molecule has 20 heavy (non-hydrogen) atoms. The molecule has 0 N–H and O–H groups in total. The highest BCUT2D eigenvalue weighted by Gasteiger charge is 2.04. The molecule has 0 aliphatic carbocycles. The number of pyridine rings is 1. The second kappa shape index (κ2) is 5.07. The summed E-state index contributed by atoms with van der Waals surface area (Å²) in [4.78, 5) is 17.9. The zero-order chi connectivity index (χ0) is 13.9. The van der Waals surface area contributed by atoms with Crippen molar-refractivity contribution in [2.45, 2.75) is 0 Å². The van der Waals surface area contributed by atoms with Crippen LogP contribution < -0.4 is 0 Å². The van der Waals surface area contributed by atoms with E-state index >= 15 is 0 Å². The molecular formula is C14H7N3O2S. The summed E-state index contributed by atoms with van der Waals surface area (Å²) in [5.74, 6) is 5.74. The van der Waals surface area contributed by atoms with Crippen LogP contribution in [-0.2, 0) is 0 Å². The Morgan fingerprint density at radius 1 is 1.10 bits per heavy atom. The average molecular weight is 281 g/mol. The van der Waals surface area contributed by atoms with E-state index in [0.29, 0.717) is 5.56 Å². The van der Waals surface area contributed by atoms with Gasteiger partial charge in [-0.15, -0.1) is 11.3 Å². The zero-order valence-electron chi connectivity index (χ0n) is 10.1. The lowest BCUT2D eigenvalue weighted by Gasteiger charge is -1.91. The van der Waals surface area contributed by atoms with Gasteiger partial charge >= 0.3 is 5.82 Å². The summed E-state index contributed by atoms with van der Waals surface area (Å²) in [6.07, 6.45) is 1.40. The summed E-state index contributed by atoms with van der Waals surface area (Å²) in [7, 11) is 0. The standard InChI is InChI=1S/C14H7N3O2S/c18-17(19)14-6-4-11(8-15-14)2-1-10-3-5-13-12(7-10)16-9-20-13/h3-9H. The fourth-order valence-corrected chi connectivity index (χ4v) is 2.31. The van der Waals surface area contributed by atoms with Crippen LogP contribution in [-0.4, -0.2) is 14.9 Å². The summed E-state index contributed by atoms with van der Waals surface area (Å²) in [6, 6.07) is 8.74. The summed E-state index contributed by atoms with van der Waals surface area (Å²) in [5.41, 5.74) is 4.20. The predicted molar refractivity (Wildman–Crippen MR) is 76.5 cm³/mol. The highest BCUT2D eigenvalue weighted by atomic mass is 32.1. The van der Waals surface area contributed by atoms with Crippen LogP contribution in [0.4, 0.5) is 5.82 Å². The summed E-state index contributed by atoms with van der Waals surface area (Å²) in [6.45, 7) is 0. The minimum Gasteiger partial charge on any atom is -0.358 e. The number of rotatable bonds is 1. The first kappa shape index (κ1) is 12.3. The summed E-state index contributed by atoms with van der Waals surface area (Å²) in [5, 5.41) is 10.5. The topological polar surface area (TPSA) is 68.9 Å². The van der Waals surface area contributed by atoms with Crippen LogP contribution >= 0.6 is 11.3 Å². The summed E-state index contributed by atoms with van der Waals surface area (Å²) >= 11 is 1.58. The van der Waals surface area contributed by atoms with E-state index in [-0.39, 0.29) is 5.82 Å². The number of hydrogen-bond acceptors (Lipinski definition) is 5. The van der Waals surface area contributed by atoms with Crippen molar-refractivity contribution in [3.63, 3.8) is 0 Å². The van der Waals surface area contributed by atoms with Crippen LogP contribution in [0.3, 0.4) is 0 Å². The van der Waals surface area contributed by atoms with Crippen LogP contribution in [0, 0.1) is 22.0 Å². The Hall–Kier alpha value is -2.78. The van der Waals surface area contributed by atoms with Crippen LogP contribution in [0.5, 0.6) is 0 Å². The van der Waals surface area contributed by atoms with Gasteiger partial charge in [0.25, 0.3) is 0 Å². The molecule has 0 saturated carbocycles. The molecule has 0 amide bonds. The lowest BCUT2D eigenvalue weighted by atomic mass is 10.2. The van der Waals surface area contributed by atoms with Crippen LogP contribution in [0.1, 0.15) is 11.1 Å². The molecule has 3 rings (SSSR count). The lowest BCUT2D eigenvalue weighted by Crippen LogP contribution is -1.91. The van der Waals surface area contributed by atoms with Crippen molar-refractivity contribution in [2.24, 2.45) is 0 Å². The van der Waals surface area contributed by atoms with Crippen molar-refractivity contribution in [2.75, 3.05) is 0 Å². The van der Waals surface area contributed by atoms with E-state index in [0.717, 1.165) is 15.8 Å². The van der Waals surface area contributed by atoms with E-state index in [1.165, 1.54) is 12.3 Å². The smallest absolute Gasteiger partial charge is 0.358 e. The average Bonchev–Trinajstić information content (AvgIpc) is 2.93. The fourth-order valence-electron chi connectivity index (χ4n) is 1.65. The van der Waals surface area contributed by atoms with Gasteiger partial charge in [0.1, 0.15) is 0 Å². The van der Waals surface area contributed by atoms with E-state index in [1.54, 1.807) is 22.9 Å². The number of thiazole rings is 1. The van der Waals surface area contributed by atoms with Crippen molar-refractivity contribution >= 4 is 27.4 Å². The predicted octanol–water partition coefficient (Wildman–Crippen LogP) is 3.00. The highest BCUT2D eigenvalue weighted by molar-refractivity contribution is 7.16. The van der Waals surface area contributed by atoms with Crippen molar-refractivity contribution in [3.8, 4) is 11.8 Å². The number of hydrogen-bond donors (Lipinski definition) is 0. The summed E-state index contributed by atoms with van der Waals surface area (Å²) < 4.78 is 1.12. The zero-order valence-corrected chi connectivity index (χ0v) is 10.9. The minimum atomic E-state index is -0.534. The van der Waals surface area contributed by atoms with Gasteiger partial charge < -0.3 is 10.1 Å². The second-order valence-electron chi connectivity index (χ2n) is 3.95. The molecule has 0 aliphatic heterocycles. The van der Waals surface area contributed by atoms with Gasteiger partial charge in [0.15, 0.2) is 6.20 Å². The molecule has 0 aliphatic rings. The Balaban J connectivity index is 1.88. The van der Waals surface area contributed by atoms with Crippen LogP contribution in [0.2, 0.25) is 0 Å². The Kier molecular flexibility index (Phi) is 3.11. The van der Waals surface area contributed by atoms with Crippen LogP contribution in [0.15, 0.2) is 42.0 Å². The molecule has 0 bridgehead atoms. The molecule has 2 heterocycles. The third-order valence-electron chi connectivity index (χ3n) is 2.62. The molecule has 96 valence electrons. The van der Waals surface area contributed by atoms with Crippen LogP contribution in [0.25, 0.3) is 10.2 Å². The van der Waals surface area contributed by atoms with E-state index in [1.807, 2.05) is 18.2 Å². The number of nitrogens with zero attached hydrogens (tertiary/aromatic N) is 3. The molecule has 0 radical (unpaired) electrons. The second-order valence-corrected chi connectivity index (χ2v) is 4.83. The minimum absolute atomic E-state index is 0.181. The van der Waals surface area contributed by atoms with E-state index < -0.39 is 4.92 Å². The molecule has 0 unspecified atom stereocenters. The Morgan fingerprint density at radius 2 is 1.90 bits per heavy atom. The normalized spacial score (nSPS) is 10.0. The third-order valence-corrected chi connectivity index (χ3v) is 3.43. The van der Waals surface area contributed by atoms with E-state index in [9.17, 15) is 10.1 Å². The van der Waals surface area contributed by atoms with Crippen molar-refractivity contribution in [1.82, 2.24) is 9.97 Å². The molecule has 0 atom stereocenters. The van der Waals surface area contributed by atoms with Crippen molar-refractivity contribution < 1.29 is 4.92 Å². The highest BCUT2D eigenvalue weighted by Crippen LogP contribution is 2.18. The molecule has 1 aromatic carbocycles. The third kappa shape index (κ3) is 2.48. The maximum Gasteiger partial charge on any atom is 0.363 e. The largest absolute Gasteiger partial charge is 0.363 e. The molecule has 0 saturated heterocycles. The van der Waals surface area contributed by atoms with Gasteiger partial charge in [0.05, 0.1) is 21.3 Å². The maximum atomic E-state index is 10.5. The maximum absolute atomic E-state index is 10.5. The molecule has 3 aromatic rings. The van der Waals surface area contributed by atoms with Gasteiger partial charge in [-0.2, -0.15) is 0 Å². The number of nitro groups is 1. The molecular weight excluding hydrogens is 274 g/mol. The molecule has 5 nitrogen and oxygen atoms in total. The van der Waals surface area contributed by atoms with Gasteiger partial charge in [0.2, 0.25) is 0 Å². The number of benzene rings is 1. The lowest BCUT2D eigenvalue weighted by molar-refractivity contribution is -0.389. The molecule has 0 spiro atoms. The van der Waals surface area contributed by atoms with Crippen molar-refractivity contribution in [3.05, 3.63) is 63.3 Å². The van der Waals surface area contributed by atoms with E-state index in [4.69, 9.17) is 0 Å². The molecule has 6 heteroatoms. The van der Waals surface area contributed by atoms with Gasteiger partial charge in [0, 0.05) is 11.6 Å². The number of aromatic nitrogens is 2. The van der Waals surface area contributed by atoms with Crippen molar-refractivity contribution in [1.29, 1.82) is 0 Å². The first-order valence-corrected chi connectivity index (χ1v) is 6.56. The van der Waals surface area contributed by atoms with Gasteiger partial charge in [-0.25, -0.2) is 4.98 Å². The van der Waals surface area contributed by atoms with Gasteiger partial charge in [-0.05, 0) is 34.2 Å². The Labute approximate surface area is 118 Å². The monoisotopic (exact) mass is 281 g/mol. The first-order chi connectivity index (χ1) is 9.72. The Morgan fingerprint density at radius 3 is 2.65 bits per heavy atom. The van der Waals surface area contributed by atoms with Gasteiger partial charge in [-0.1, -0.05) is 11.8 Å². The fraction of sp³-hybridized carbons (Fsp3) is 0. The first-order valence-electron chi connectivity index (χ1n) is 5.68. The van der Waals surface area contributed by atoms with Gasteiger partial charge in [-0.3, -0.25) is 0 Å². The SMILES string of the molecule is O=[N+]([O-])c1ccc(C#Cc2ccc3scnc3c2)cn1.